The van der Waals surface area contributed by atoms with Gasteiger partial charge in [-0.05, 0) is 84.8 Å². The second-order valence-corrected chi connectivity index (χ2v) is 17.2. The van der Waals surface area contributed by atoms with Gasteiger partial charge in [-0.3, -0.25) is 4.79 Å². The SMILES string of the molecule is CCCCCCCCCCCOC(=O)[C@@H](CCC(=O)NC(CCCC(NC(=O)OC(C)(C)C)C(=O)OCc1ccccc1)C(=O)OCc1ccccc1)NC(=O)OC(C)(C)C. The highest BCUT2D eigenvalue weighted by Gasteiger charge is 2.30. The Balaban J connectivity index is 2.12. The molecule has 0 aliphatic rings. The van der Waals surface area contributed by atoms with E-state index in [2.05, 4.69) is 22.9 Å². The molecule has 0 aromatic heterocycles. The van der Waals surface area contributed by atoms with Crippen LogP contribution in [-0.2, 0) is 56.1 Å². The molecule has 0 aliphatic carbocycles. The minimum atomic E-state index is -1.19. The summed E-state index contributed by atoms with van der Waals surface area (Å²) >= 11 is 0. The molecule has 0 saturated carbocycles. The quantitative estimate of drug-likeness (QED) is 0.0443. The summed E-state index contributed by atoms with van der Waals surface area (Å²) in [4.78, 5) is 78.9. The van der Waals surface area contributed by atoms with Crippen molar-refractivity contribution in [3.8, 4) is 0 Å². The number of carbonyl (C=O) groups is 6. The molecule has 2 rings (SSSR count). The molecule has 0 bridgehead atoms. The van der Waals surface area contributed by atoms with E-state index in [1.54, 1.807) is 77.9 Å². The van der Waals surface area contributed by atoms with Crippen molar-refractivity contribution in [1.82, 2.24) is 16.0 Å². The van der Waals surface area contributed by atoms with Crippen molar-refractivity contribution < 1.29 is 52.5 Å². The van der Waals surface area contributed by atoms with Crippen LogP contribution in [0.3, 0.4) is 0 Å². The topological polar surface area (TPSA) is 185 Å². The molecule has 14 nitrogen and oxygen atoms in total. The maximum atomic E-state index is 13.5. The summed E-state index contributed by atoms with van der Waals surface area (Å²) in [6, 6.07) is 14.6. The van der Waals surface area contributed by atoms with Gasteiger partial charge >= 0.3 is 30.1 Å². The standard InChI is InChI=1S/C47H71N3O11/c1-8-9-10-11-12-13-14-15-22-32-57-41(52)39(50-45(56)61-47(5,6)7)30-31-40(51)48-37(42(53)58-33-35-24-18-16-19-25-35)28-23-29-38(49-44(55)60-46(2,3)4)43(54)59-34-36-26-20-17-21-27-36/h16-21,24-27,37-39H,8-15,22-23,28-34H2,1-7H3,(H,48,51)(H,49,55)(H,50,56)/t37?,38?,39-/m1/s1. The van der Waals surface area contributed by atoms with Gasteiger partial charge in [-0.25, -0.2) is 24.0 Å². The minimum Gasteiger partial charge on any atom is -0.464 e. The van der Waals surface area contributed by atoms with Gasteiger partial charge in [-0.1, -0.05) is 119 Å². The zero-order valence-corrected chi connectivity index (χ0v) is 37.5. The van der Waals surface area contributed by atoms with Crippen LogP contribution in [0.1, 0.15) is 149 Å². The number of carbonyl (C=O) groups excluding carboxylic acids is 6. The average Bonchev–Trinajstić information content (AvgIpc) is 3.19. The van der Waals surface area contributed by atoms with Gasteiger partial charge in [0.1, 0.15) is 42.5 Å². The van der Waals surface area contributed by atoms with Crippen LogP contribution in [0.25, 0.3) is 0 Å². The number of rotatable bonds is 27. The lowest BCUT2D eigenvalue weighted by atomic mass is 10.0. The number of esters is 3. The van der Waals surface area contributed by atoms with Crippen molar-refractivity contribution in [3.05, 3.63) is 71.8 Å². The third-order valence-electron chi connectivity index (χ3n) is 9.16. The zero-order valence-electron chi connectivity index (χ0n) is 37.5. The largest absolute Gasteiger partial charge is 0.464 e. The first-order chi connectivity index (χ1) is 29.0. The number of alkyl carbamates (subject to hydrolysis) is 2. The highest BCUT2D eigenvalue weighted by atomic mass is 16.6. The van der Waals surface area contributed by atoms with Gasteiger partial charge in [0.25, 0.3) is 0 Å². The van der Waals surface area contributed by atoms with Gasteiger partial charge in [-0.15, -0.1) is 0 Å². The molecule has 3 N–H and O–H groups in total. The van der Waals surface area contributed by atoms with Gasteiger partial charge in [0.15, 0.2) is 0 Å². The smallest absolute Gasteiger partial charge is 0.408 e. The van der Waals surface area contributed by atoms with E-state index in [0.29, 0.717) is 6.42 Å². The Morgan fingerprint density at radius 3 is 1.33 bits per heavy atom. The highest BCUT2D eigenvalue weighted by molar-refractivity contribution is 5.86. The van der Waals surface area contributed by atoms with Gasteiger partial charge in [0.2, 0.25) is 5.91 Å². The summed E-state index contributed by atoms with van der Waals surface area (Å²) in [5.74, 6) is -2.70. The fourth-order valence-corrected chi connectivity index (χ4v) is 6.06. The fraction of sp³-hybridized carbons (Fsp3) is 0.617. The van der Waals surface area contributed by atoms with Gasteiger partial charge in [0, 0.05) is 6.42 Å². The summed E-state index contributed by atoms with van der Waals surface area (Å²) in [7, 11) is 0. The molecule has 340 valence electrons. The van der Waals surface area contributed by atoms with Crippen LogP contribution in [0.2, 0.25) is 0 Å². The van der Waals surface area contributed by atoms with Crippen LogP contribution in [0.4, 0.5) is 9.59 Å². The molecule has 0 fully saturated rings. The monoisotopic (exact) mass is 854 g/mol. The zero-order chi connectivity index (χ0) is 45.1. The molecule has 2 aromatic rings. The second-order valence-electron chi connectivity index (χ2n) is 17.2. The fourth-order valence-electron chi connectivity index (χ4n) is 6.06. The summed E-state index contributed by atoms with van der Waals surface area (Å²) < 4.78 is 27.4. The summed E-state index contributed by atoms with van der Waals surface area (Å²) in [6.07, 6.45) is 8.05. The van der Waals surface area contributed by atoms with Crippen LogP contribution in [-0.4, -0.2) is 71.9 Å². The lowest BCUT2D eigenvalue weighted by Gasteiger charge is -2.24. The third-order valence-corrected chi connectivity index (χ3v) is 9.16. The molecule has 2 unspecified atom stereocenters. The van der Waals surface area contributed by atoms with Crippen LogP contribution < -0.4 is 16.0 Å². The number of benzene rings is 2. The first-order valence-electron chi connectivity index (χ1n) is 21.8. The molecule has 0 spiro atoms. The summed E-state index contributed by atoms with van der Waals surface area (Å²) in [6.45, 7) is 12.5. The number of ether oxygens (including phenoxy) is 5. The molecule has 0 aliphatic heterocycles. The third kappa shape index (κ3) is 25.3. The number of unbranched alkanes of at least 4 members (excludes halogenated alkanes) is 8. The number of nitrogens with one attached hydrogen (secondary N) is 3. The lowest BCUT2D eigenvalue weighted by molar-refractivity contribution is -0.150. The van der Waals surface area contributed by atoms with E-state index in [0.717, 1.165) is 30.4 Å². The molecule has 0 heterocycles. The molecule has 3 atom stereocenters. The summed E-state index contributed by atoms with van der Waals surface area (Å²) in [5.41, 5.74) is -0.169. The van der Waals surface area contributed by atoms with Gasteiger partial charge < -0.3 is 39.6 Å². The second kappa shape index (κ2) is 28.4. The average molecular weight is 854 g/mol. The van der Waals surface area contributed by atoms with Crippen molar-refractivity contribution in [3.63, 3.8) is 0 Å². The minimum absolute atomic E-state index is 0.0206. The predicted octanol–water partition coefficient (Wildman–Crippen LogP) is 8.77. The van der Waals surface area contributed by atoms with E-state index >= 15 is 0 Å². The molecule has 3 amide bonds. The van der Waals surface area contributed by atoms with Crippen molar-refractivity contribution in [2.75, 3.05) is 6.61 Å². The maximum Gasteiger partial charge on any atom is 0.408 e. The Morgan fingerprint density at radius 1 is 0.492 bits per heavy atom. The molecule has 2 aromatic carbocycles. The van der Waals surface area contributed by atoms with Crippen LogP contribution in [0.15, 0.2) is 60.7 Å². The van der Waals surface area contributed by atoms with E-state index in [1.807, 2.05) is 24.3 Å². The van der Waals surface area contributed by atoms with Crippen LogP contribution in [0.5, 0.6) is 0 Å². The van der Waals surface area contributed by atoms with E-state index in [-0.39, 0.29) is 51.9 Å². The number of hydrogen-bond acceptors (Lipinski definition) is 11. The van der Waals surface area contributed by atoms with Crippen LogP contribution >= 0.6 is 0 Å². The first kappa shape index (κ1) is 52.0. The Bertz CT molecular complexity index is 1610. The molecule has 0 saturated heterocycles. The Kier molecular flexibility index (Phi) is 24.2. The Morgan fingerprint density at radius 2 is 0.885 bits per heavy atom. The van der Waals surface area contributed by atoms with Crippen molar-refractivity contribution in [1.29, 1.82) is 0 Å². The van der Waals surface area contributed by atoms with E-state index in [9.17, 15) is 28.8 Å². The number of hydrogen-bond donors (Lipinski definition) is 3. The molecule has 14 heteroatoms. The molecular formula is C47H71N3O11. The highest BCUT2D eigenvalue weighted by Crippen LogP contribution is 2.15. The van der Waals surface area contributed by atoms with Crippen molar-refractivity contribution in [2.24, 2.45) is 0 Å². The molecule has 0 radical (unpaired) electrons. The molecular weight excluding hydrogens is 783 g/mol. The first-order valence-corrected chi connectivity index (χ1v) is 21.8. The maximum absolute atomic E-state index is 13.5. The Hall–Kier alpha value is -5.14. The van der Waals surface area contributed by atoms with Crippen molar-refractivity contribution >= 4 is 36.0 Å². The van der Waals surface area contributed by atoms with Crippen molar-refractivity contribution in [2.45, 2.75) is 181 Å². The summed E-state index contributed by atoms with van der Waals surface area (Å²) in [5, 5.41) is 7.83. The lowest BCUT2D eigenvalue weighted by Crippen LogP contribution is -2.46. The normalized spacial score (nSPS) is 12.8. The molecule has 61 heavy (non-hydrogen) atoms. The van der Waals surface area contributed by atoms with E-state index < -0.39 is 65.3 Å². The van der Waals surface area contributed by atoms with Crippen LogP contribution in [0, 0.1) is 0 Å². The van der Waals surface area contributed by atoms with Gasteiger partial charge in [0.05, 0.1) is 6.61 Å². The Labute approximate surface area is 362 Å². The van der Waals surface area contributed by atoms with Gasteiger partial charge in [-0.2, -0.15) is 0 Å². The predicted molar refractivity (Wildman–Crippen MR) is 232 cm³/mol. The van der Waals surface area contributed by atoms with E-state index in [4.69, 9.17) is 23.7 Å². The number of amides is 3. The van der Waals surface area contributed by atoms with E-state index in [1.165, 1.54) is 32.1 Å².